The summed E-state index contributed by atoms with van der Waals surface area (Å²) in [7, 11) is 0. The summed E-state index contributed by atoms with van der Waals surface area (Å²) in [5, 5.41) is 0. The molecule has 2 N–H and O–H groups in total. The van der Waals surface area contributed by atoms with Gasteiger partial charge < -0.3 is 10.5 Å². The molecule has 1 heterocycles. The Morgan fingerprint density at radius 2 is 2.11 bits per heavy atom. The Labute approximate surface area is 108 Å². The molecule has 3 nitrogen and oxygen atoms in total. The zero-order chi connectivity index (χ0) is 13.2. The highest BCUT2D eigenvalue weighted by Crippen LogP contribution is 2.33. The third-order valence-electron chi connectivity index (χ3n) is 3.24. The number of rotatable bonds is 4. The molecule has 0 fully saturated rings. The minimum absolute atomic E-state index is 0.182. The number of ether oxygens (including phenoxy) is 1. The van der Waals surface area contributed by atoms with Gasteiger partial charge in [0.2, 0.25) is 0 Å². The van der Waals surface area contributed by atoms with Gasteiger partial charge in [-0.25, -0.2) is 0 Å². The first kappa shape index (κ1) is 13.1. The van der Waals surface area contributed by atoms with E-state index in [-0.39, 0.29) is 11.4 Å². The topological polar surface area (TPSA) is 52.3 Å². The maximum atomic E-state index is 12.1. The van der Waals surface area contributed by atoms with E-state index in [2.05, 4.69) is 0 Å². The zero-order valence-electron chi connectivity index (χ0n) is 11.2. The van der Waals surface area contributed by atoms with E-state index in [0.29, 0.717) is 6.42 Å². The van der Waals surface area contributed by atoms with Gasteiger partial charge in [-0.3, -0.25) is 4.79 Å². The van der Waals surface area contributed by atoms with Gasteiger partial charge in [-0.15, -0.1) is 0 Å². The highest BCUT2D eigenvalue weighted by molar-refractivity contribution is 6.00. The van der Waals surface area contributed by atoms with Gasteiger partial charge in [-0.05, 0) is 57.4 Å². The van der Waals surface area contributed by atoms with Crippen molar-refractivity contribution in [2.75, 3.05) is 6.54 Å². The van der Waals surface area contributed by atoms with Crippen molar-refractivity contribution < 1.29 is 9.53 Å². The van der Waals surface area contributed by atoms with Gasteiger partial charge in [-0.1, -0.05) is 6.07 Å². The van der Waals surface area contributed by atoms with Crippen LogP contribution < -0.4 is 10.5 Å². The fourth-order valence-corrected chi connectivity index (χ4v) is 2.33. The minimum Gasteiger partial charge on any atom is -0.487 e. The fraction of sp³-hybridized carbons (Fsp3) is 0.533. The summed E-state index contributed by atoms with van der Waals surface area (Å²) < 4.78 is 5.83. The van der Waals surface area contributed by atoms with Crippen molar-refractivity contribution in [1.82, 2.24) is 0 Å². The van der Waals surface area contributed by atoms with E-state index < -0.39 is 0 Å². The number of carbonyl (C=O) groups is 1. The van der Waals surface area contributed by atoms with Crippen molar-refractivity contribution in [2.24, 2.45) is 5.73 Å². The van der Waals surface area contributed by atoms with E-state index >= 15 is 0 Å². The molecule has 0 saturated heterocycles. The van der Waals surface area contributed by atoms with Gasteiger partial charge >= 0.3 is 0 Å². The lowest BCUT2D eigenvalue weighted by atomic mass is 9.91. The maximum absolute atomic E-state index is 12.1. The predicted molar refractivity (Wildman–Crippen MR) is 72.1 cm³/mol. The first-order valence-electron chi connectivity index (χ1n) is 6.57. The number of hydrogen-bond donors (Lipinski definition) is 1. The Kier molecular flexibility index (Phi) is 3.71. The van der Waals surface area contributed by atoms with Crippen LogP contribution in [-0.2, 0) is 6.42 Å². The van der Waals surface area contributed by atoms with Crippen LogP contribution in [0.5, 0.6) is 5.75 Å². The first-order valence-corrected chi connectivity index (χ1v) is 6.57. The summed E-state index contributed by atoms with van der Waals surface area (Å²) in [6, 6.07) is 5.94. The molecule has 3 heteroatoms. The zero-order valence-corrected chi connectivity index (χ0v) is 11.2. The van der Waals surface area contributed by atoms with Crippen molar-refractivity contribution in [3.05, 3.63) is 29.3 Å². The second-order valence-corrected chi connectivity index (χ2v) is 5.54. The average molecular weight is 247 g/mol. The van der Waals surface area contributed by atoms with Crippen LogP contribution in [0.25, 0.3) is 0 Å². The van der Waals surface area contributed by atoms with Gasteiger partial charge in [-0.2, -0.15) is 0 Å². The van der Waals surface area contributed by atoms with E-state index in [1.807, 2.05) is 32.0 Å². The van der Waals surface area contributed by atoms with Gasteiger partial charge in [0.1, 0.15) is 11.4 Å². The van der Waals surface area contributed by atoms with E-state index in [4.69, 9.17) is 10.5 Å². The van der Waals surface area contributed by atoms with Crippen LogP contribution in [0.1, 0.15) is 49.0 Å². The molecule has 0 aromatic heterocycles. The first-order chi connectivity index (χ1) is 8.52. The van der Waals surface area contributed by atoms with Gasteiger partial charge in [0.15, 0.2) is 5.78 Å². The molecule has 1 aromatic carbocycles. The number of ketones is 1. The smallest absolute Gasteiger partial charge is 0.170 e. The molecule has 0 amide bonds. The van der Waals surface area contributed by atoms with Crippen LogP contribution in [0, 0.1) is 0 Å². The number of nitrogens with two attached hydrogens (primary N) is 1. The second kappa shape index (κ2) is 5.11. The molecule has 0 radical (unpaired) electrons. The summed E-state index contributed by atoms with van der Waals surface area (Å²) in [6.45, 7) is 4.62. The fourth-order valence-electron chi connectivity index (χ4n) is 2.33. The molecule has 0 aliphatic carbocycles. The molecule has 0 atom stereocenters. The Morgan fingerprint density at radius 3 is 2.83 bits per heavy atom. The van der Waals surface area contributed by atoms with Crippen LogP contribution in [-0.4, -0.2) is 17.9 Å². The quantitative estimate of drug-likeness (QED) is 0.832. The largest absolute Gasteiger partial charge is 0.487 e. The standard InChI is InChI=1S/C15H21NO2/c1-15(2)10-13(17)12-9-11(5-3-4-8-16)6-7-14(12)18-15/h6-7,9H,3-5,8,10,16H2,1-2H3. The Balaban J connectivity index is 2.17. The molecule has 2 rings (SSSR count). The SMILES string of the molecule is CC1(C)CC(=O)c2cc(CCCCN)ccc2O1. The van der Waals surface area contributed by atoms with Crippen LogP contribution >= 0.6 is 0 Å². The highest BCUT2D eigenvalue weighted by Gasteiger charge is 2.32. The van der Waals surface area contributed by atoms with Crippen molar-refractivity contribution in [3.63, 3.8) is 0 Å². The summed E-state index contributed by atoms with van der Waals surface area (Å²) >= 11 is 0. The summed E-state index contributed by atoms with van der Waals surface area (Å²) in [6.07, 6.45) is 3.51. The van der Waals surface area contributed by atoms with Gasteiger partial charge in [0.05, 0.1) is 12.0 Å². The number of Topliss-reactive ketones (excluding diaryl/α,β-unsaturated/α-hetero) is 1. The second-order valence-electron chi connectivity index (χ2n) is 5.54. The van der Waals surface area contributed by atoms with E-state index in [1.54, 1.807) is 0 Å². The van der Waals surface area contributed by atoms with Gasteiger partial charge in [0, 0.05) is 0 Å². The monoisotopic (exact) mass is 247 g/mol. The van der Waals surface area contributed by atoms with Crippen molar-refractivity contribution in [3.8, 4) is 5.75 Å². The third kappa shape index (κ3) is 2.91. The lowest BCUT2D eigenvalue weighted by molar-refractivity contribution is 0.0620. The van der Waals surface area contributed by atoms with Crippen molar-refractivity contribution in [2.45, 2.75) is 45.1 Å². The molecule has 1 aliphatic heterocycles. The van der Waals surface area contributed by atoms with Crippen molar-refractivity contribution in [1.29, 1.82) is 0 Å². The molecule has 0 saturated carbocycles. The molecule has 18 heavy (non-hydrogen) atoms. The lowest BCUT2D eigenvalue weighted by Crippen LogP contribution is -2.35. The van der Waals surface area contributed by atoms with Crippen LogP contribution in [0.15, 0.2) is 18.2 Å². The maximum Gasteiger partial charge on any atom is 0.170 e. The molecular weight excluding hydrogens is 226 g/mol. The van der Waals surface area contributed by atoms with E-state index in [1.165, 1.54) is 5.56 Å². The molecule has 1 aromatic rings. The minimum atomic E-state index is -0.384. The molecule has 1 aliphatic rings. The van der Waals surface area contributed by atoms with Crippen molar-refractivity contribution >= 4 is 5.78 Å². The van der Waals surface area contributed by atoms with Crippen LogP contribution in [0.3, 0.4) is 0 Å². The number of benzene rings is 1. The normalized spacial score (nSPS) is 17.2. The Hall–Kier alpha value is -1.35. The molecule has 98 valence electrons. The van der Waals surface area contributed by atoms with E-state index in [9.17, 15) is 4.79 Å². The highest BCUT2D eigenvalue weighted by atomic mass is 16.5. The lowest BCUT2D eigenvalue weighted by Gasteiger charge is -2.31. The Bertz CT molecular complexity index is 452. The third-order valence-corrected chi connectivity index (χ3v) is 3.24. The van der Waals surface area contributed by atoms with Gasteiger partial charge in [0.25, 0.3) is 0 Å². The molecule has 0 spiro atoms. The Morgan fingerprint density at radius 1 is 1.33 bits per heavy atom. The number of aryl methyl sites for hydroxylation is 1. The van der Waals surface area contributed by atoms with E-state index in [0.717, 1.165) is 37.1 Å². The summed E-state index contributed by atoms with van der Waals surface area (Å²) in [5.41, 5.74) is 7.03. The summed E-state index contributed by atoms with van der Waals surface area (Å²) in [4.78, 5) is 12.1. The number of unbranched alkanes of at least 4 members (excludes halogenated alkanes) is 1. The molecule has 0 unspecified atom stereocenters. The van der Waals surface area contributed by atoms with Crippen LogP contribution in [0.2, 0.25) is 0 Å². The molecule has 0 bridgehead atoms. The number of carbonyl (C=O) groups excluding carboxylic acids is 1. The van der Waals surface area contributed by atoms with Crippen LogP contribution in [0.4, 0.5) is 0 Å². The predicted octanol–water partition coefficient (Wildman–Crippen LogP) is 2.71. The average Bonchev–Trinajstić information content (AvgIpc) is 2.29. The summed E-state index contributed by atoms with van der Waals surface area (Å²) in [5.74, 6) is 0.903. The number of hydrogen-bond acceptors (Lipinski definition) is 3. The molecular formula is C15H21NO2. The number of fused-ring (bicyclic) bond motifs is 1.